The molecule has 2 N–H and O–H groups in total. The van der Waals surface area contributed by atoms with Crippen molar-refractivity contribution in [1.82, 2.24) is 4.98 Å². The number of pyridine rings is 1. The topological polar surface area (TPSA) is 60.6 Å². The van der Waals surface area contributed by atoms with E-state index in [9.17, 15) is 4.39 Å². The minimum atomic E-state index is -1.13. The van der Waals surface area contributed by atoms with Crippen molar-refractivity contribution in [2.24, 2.45) is 0 Å². The summed E-state index contributed by atoms with van der Waals surface area (Å²) in [6.07, 6.45) is 8.41. The third kappa shape index (κ3) is 8.17. The number of nitrogens with one attached hydrogen (secondary N) is 2. The fourth-order valence-electron chi connectivity index (χ4n) is 2.76. The van der Waals surface area contributed by atoms with Crippen LogP contribution in [0.2, 0.25) is 0 Å². The van der Waals surface area contributed by atoms with Crippen molar-refractivity contribution in [1.29, 1.82) is 10.8 Å². The minimum absolute atomic E-state index is 0.00864. The molecule has 0 radical (unpaired) electrons. The van der Waals surface area contributed by atoms with Gasteiger partial charge in [0, 0.05) is 17.3 Å². The third-order valence-electron chi connectivity index (χ3n) is 4.07. The van der Waals surface area contributed by atoms with Gasteiger partial charge in [-0.25, -0.2) is 0 Å². The highest BCUT2D eigenvalue weighted by Crippen LogP contribution is 2.29. The molecule has 164 valence electrons. The molecule has 0 aliphatic rings. The van der Waals surface area contributed by atoms with Crippen LogP contribution < -0.4 is 0 Å². The molecular formula is C26H31FIN3. The Hall–Kier alpha value is -2.67. The SMILES string of the molecule is C=C\C=C/C(=C\C)C(/C(=N)c1ccccc1C)=C(/C(=N)F)c1ccccn1.CC.CI. The Bertz CT molecular complexity index is 958. The summed E-state index contributed by atoms with van der Waals surface area (Å²) in [7, 11) is 0. The number of nitrogens with zero attached hydrogens (tertiary/aromatic N) is 1. The summed E-state index contributed by atoms with van der Waals surface area (Å²) in [4.78, 5) is 6.18. The predicted octanol–water partition coefficient (Wildman–Crippen LogP) is 7.92. The second-order valence-corrected chi connectivity index (χ2v) is 5.81. The summed E-state index contributed by atoms with van der Waals surface area (Å²) in [6, 6.07) is 12.5. The number of hydrogen-bond donors (Lipinski definition) is 2. The average Bonchev–Trinajstić information content (AvgIpc) is 2.81. The Morgan fingerprint density at radius 3 is 2.16 bits per heavy atom. The molecule has 0 bridgehead atoms. The fourth-order valence-corrected chi connectivity index (χ4v) is 2.76. The maximum Gasteiger partial charge on any atom is 0.215 e. The first-order valence-corrected chi connectivity index (χ1v) is 12.1. The van der Waals surface area contributed by atoms with Gasteiger partial charge in [-0.2, -0.15) is 4.39 Å². The molecule has 5 heteroatoms. The predicted molar refractivity (Wildman–Crippen MR) is 142 cm³/mol. The van der Waals surface area contributed by atoms with Crippen molar-refractivity contribution in [3.8, 4) is 0 Å². The first kappa shape index (κ1) is 28.3. The standard InChI is InChI=1S/C23H22FN3.C2H6.CH3I/c1-4-6-12-17(5-2)20(22(25)18-13-8-7-11-16(18)3)21(23(24)26)19-14-9-10-15-27-19;2*1-2/h4-15,25-26H,1H2,2-3H3;1-2H3;1H3/b12-6-,17-5+,21-20-,25-22?,26-23?;;. The molecule has 0 amide bonds. The normalized spacial score (nSPS) is 11.4. The van der Waals surface area contributed by atoms with E-state index in [1.165, 1.54) is 0 Å². The average molecular weight is 531 g/mol. The van der Waals surface area contributed by atoms with Gasteiger partial charge in [-0.15, -0.1) is 0 Å². The molecule has 0 atom stereocenters. The zero-order valence-corrected chi connectivity index (χ0v) is 21.0. The molecule has 0 unspecified atom stereocenters. The second kappa shape index (κ2) is 16.1. The van der Waals surface area contributed by atoms with Crippen molar-refractivity contribution >= 4 is 39.8 Å². The van der Waals surface area contributed by atoms with Crippen molar-refractivity contribution in [2.45, 2.75) is 27.7 Å². The highest BCUT2D eigenvalue weighted by atomic mass is 127. The molecule has 0 aliphatic heterocycles. The Morgan fingerprint density at radius 1 is 1.06 bits per heavy atom. The first-order valence-electron chi connectivity index (χ1n) is 9.89. The van der Waals surface area contributed by atoms with Crippen LogP contribution in [0.15, 0.2) is 90.7 Å². The summed E-state index contributed by atoms with van der Waals surface area (Å²) in [5.41, 5.74) is 2.94. The highest BCUT2D eigenvalue weighted by Gasteiger charge is 2.22. The van der Waals surface area contributed by atoms with E-state index in [0.29, 0.717) is 22.4 Å². The lowest BCUT2D eigenvalue weighted by Crippen LogP contribution is -2.13. The van der Waals surface area contributed by atoms with Gasteiger partial charge in [0.05, 0.1) is 17.0 Å². The van der Waals surface area contributed by atoms with Gasteiger partial charge in [-0.3, -0.25) is 15.8 Å². The van der Waals surface area contributed by atoms with E-state index in [1.54, 1.807) is 48.7 Å². The van der Waals surface area contributed by atoms with Crippen molar-refractivity contribution in [2.75, 3.05) is 4.93 Å². The zero-order chi connectivity index (χ0) is 23.8. The summed E-state index contributed by atoms with van der Waals surface area (Å²) < 4.78 is 14.4. The van der Waals surface area contributed by atoms with Gasteiger partial charge in [0.1, 0.15) is 0 Å². The Balaban J connectivity index is 0.00000212. The van der Waals surface area contributed by atoms with Gasteiger partial charge in [-0.05, 0) is 42.0 Å². The van der Waals surface area contributed by atoms with E-state index in [-0.39, 0.29) is 11.3 Å². The molecule has 0 aliphatic carbocycles. The number of allylic oxidation sites excluding steroid dienone is 7. The number of benzene rings is 1. The van der Waals surface area contributed by atoms with Crippen LogP contribution >= 0.6 is 22.6 Å². The van der Waals surface area contributed by atoms with Crippen LogP contribution in [0, 0.1) is 17.7 Å². The summed E-state index contributed by atoms with van der Waals surface area (Å²) in [5.74, 6) is -1.13. The molecule has 0 saturated heterocycles. The fraction of sp³-hybridized carbons (Fsp3) is 0.192. The molecule has 0 fully saturated rings. The Labute approximate surface area is 199 Å². The number of halogens is 2. The monoisotopic (exact) mass is 531 g/mol. The van der Waals surface area contributed by atoms with Gasteiger partial charge in [0.15, 0.2) is 0 Å². The second-order valence-electron chi connectivity index (χ2n) is 5.81. The lowest BCUT2D eigenvalue weighted by molar-refractivity contribution is 0.806. The maximum absolute atomic E-state index is 14.4. The Kier molecular flexibility index (Phi) is 14.7. The van der Waals surface area contributed by atoms with Crippen LogP contribution in [0.3, 0.4) is 0 Å². The van der Waals surface area contributed by atoms with E-state index < -0.39 is 5.97 Å². The number of alkyl halides is 1. The molecular weight excluding hydrogens is 500 g/mol. The van der Waals surface area contributed by atoms with Gasteiger partial charge in [-0.1, -0.05) is 97.7 Å². The minimum Gasteiger partial charge on any atom is -0.300 e. The van der Waals surface area contributed by atoms with Crippen molar-refractivity contribution in [3.63, 3.8) is 0 Å². The third-order valence-corrected chi connectivity index (χ3v) is 4.07. The molecule has 1 heterocycles. The molecule has 31 heavy (non-hydrogen) atoms. The van der Waals surface area contributed by atoms with Crippen molar-refractivity contribution in [3.05, 3.63) is 108 Å². The number of aromatic nitrogens is 1. The summed E-state index contributed by atoms with van der Waals surface area (Å²) in [5, 5.41) is 16.6. The Morgan fingerprint density at radius 2 is 1.68 bits per heavy atom. The molecule has 3 nitrogen and oxygen atoms in total. The molecule has 1 aromatic heterocycles. The van der Waals surface area contributed by atoms with E-state index in [2.05, 4.69) is 34.2 Å². The van der Waals surface area contributed by atoms with E-state index in [4.69, 9.17) is 10.8 Å². The summed E-state index contributed by atoms with van der Waals surface area (Å²) in [6.45, 7) is 11.4. The molecule has 1 aromatic carbocycles. The maximum atomic E-state index is 14.4. The lowest BCUT2D eigenvalue weighted by atomic mass is 9.88. The van der Waals surface area contributed by atoms with Crippen LogP contribution in [-0.2, 0) is 0 Å². The van der Waals surface area contributed by atoms with Crippen LogP contribution in [0.5, 0.6) is 0 Å². The number of aryl methyl sites for hydroxylation is 1. The molecule has 2 aromatic rings. The van der Waals surface area contributed by atoms with Crippen molar-refractivity contribution < 1.29 is 4.39 Å². The van der Waals surface area contributed by atoms with Crippen LogP contribution in [0.4, 0.5) is 4.39 Å². The van der Waals surface area contributed by atoms with E-state index in [1.807, 2.05) is 56.9 Å². The number of rotatable bonds is 7. The van der Waals surface area contributed by atoms with Crippen LogP contribution in [-0.4, -0.2) is 21.6 Å². The zero-order valence-electron chi connectivity index (χ0n) is 18.8. The van der Waals surface area contributed by atoms with E-state index >= 15 is 0 Å². The molecule has 0 saturated carbocycles. The molecule has 0 spiro atoms. The van der Waals surface area contributed by atoms with Crippen LogP contribution in [0.1, 0.15) is 37.6 Å². The van der Waals surface area contributed by atoms with Gasteiger partial charge >= 0.3 is 0 Å². The van der Waals surface area contributed by atoms with Gasteiger partial charge in [0.2, 0.25) is 5.97 Å². The summed E-state index contributed by atoms with van der Waals surface area (Å²) >= 11 is 2.15. The van der Waals surface area contributed by atoms with Gasteiger partial charge < -0.3 is 0 Å². The largest absolute Gasteiger partial charge is 0.300 e. The van der Waals surface area contributed by atoms with Gasteiger partial charge in [0.25, 0.3) is 0 Å². The smallest absolute Gasteiger partial charge is 0.215 e. The van der Waals surface area contributed by atoms with Crippen LogP contribution in [0.25, 0.3) is 5.57 Å². The quantitative estimate of drug-likeness (QED) is 0.162. The molecule has 2 rings (SSSR count). The lowest BCUT2D eigenvalue weighted by Gasteiger charge is -2.17. The van der Waals surface area contributed by atoms with E-state index in [0.717, 1.165) is 5.56 Å². The highest BCUT2D eigenvalue weighted by molar-refractivity contribution is 14.1. The number of hydrogen-bond acceptors (Lipinski definition) is 3. The first-order chi connectivity index (χ1) is 15.0.